The van der Waals surface area contributed by atoms with Crippen LogP contribution in [-0.2, 0) is 0 Å². The molecule has 1 atom stereocenters. The number of nitrogens with two attached hydrogens (primary N) is 1. The highest BCUT2D eigenvalue weighted by Gasteiger charge is 2.10. The van der Waals surface area contributed by atoms with Gasteiger partial charge in [0, 0.05) is 23.6 Å². The molecule has 0 aliphatic rings. The Labute approximate surface area is 118 Å². The van der Waals surface area contributed by atoms with Crippen molar-refractivity contribution >= 4 is 17.7 Å². The number of nitrogens with zero attached hydrogens (tertiary/aromatic N) is 1. The molecule has 0 saturated heterocycles. The van der Waals surface area contributed by atoms with Gasteiger partial charge in [0.1, 0.15) is 5.69 Å². The molecule has 1 rings (SSSR count). The topological polar surface area (TPSA) is 68.0 Å². The van der Waals surface area contributed by atoms with Gasteiger partial charge >= 0.3 is 0 Å². The third-order valence-electron chi connectivity index (χ3n) is 2.28. The molecule has 0 spiro atoms. The van der Waals surface area contributed by atoms with Crippen LogP contribution >= 0.6 is 11.8 Å². The van der Waals surface area contributed by atoms with Gasteiger partial charge in [0.15, 0.2) is 0 Å². The molecule has 0 aromatic carbocycles. The maximum Gasteiger partial charge on any atom is 0.270 e. The fraction of sp³-hybridized carbons (Fsp3) is 0.429. The Hall–Kier alpha value is -1.51. The molecule has 5 heteroatoms. The molecule has 1 unspecified atom stereocenters. The van der Waals surface area contributed by atoms with Gasteiger partial charge in [0.05, 0.1) is 6.54 Å². The van der Waals surface area contributed by atoms with Gasteiger partial charge in [-0.1, -0.05) is 18.8 Å². The maximum absolute atomic E-state index is 11.9. The summed E-state index contributed by atoms with van der Waals surface area (Å²) in [7, 11) is 0. The minimum absolute atomic E-state index is 0.135. The minimum atomic E-state index is -0.150. The molecule has 1 aromatic heterocycles. The Kier molecular flexibility index (Phi) is 7.01. The fourth-order valence-corrected chi connectivity index (χ4v) is 2.06. The molecule has 0 fully saturated rings. The Balaban J connectivity index is 2.57. The van der Waals surface area contributed by atoms with E-state index in [-0.39, 0.29) is 11.9 Å². The zero-order valence-electron chi connectivity index (χ0n) is 11.3. The number of aromatic nitrogens is 1. The minimum Gasteiger partial charge on any atom is -0.347 e. The van der Waals surface area contributed by atoms with Crippen LogP contribution in [0, 0.1) is 11.8 Å². The number of carbonyl (C=O) groups excluding carboxylic acids is 1. The largest absolute Gasteiger partial charge is 0.347 e. The van der Waals surface area contributed by atoms with E-state index in [1.165, 1.54) is 0 Å². The number of pyridine rings is 1. The van der Waals surface area contributed by atoms with Gasteiger partial charge in [0.2, 0.25) is 0 Å². The average molecular weight is 277 g/mol. The Bertz CT molecular complexity index is 462. The van der Waals surface area contributed by atoms with Crippen LogP contribution in [0.25, 0.3) is 0 Å². The van der Waals surface area contributed by atoms with Crippen molar-refractivity contribution in [3.63, 3.8) is 0 Å². The van der Waals surface area contributed by atoms with Gasteiger partial charge < -0.3 is 11.1 Å². The van der Waals surface area contributed by atoms with E-state index in [1.807, 2.05) is 6.92 Å². The molecule has 0 radical (unpaired) electrons. The lowest BCUT2D eigenvalue weighted by Gasteiger charge is -2.12. The molecule has 0 saturated carbocycles. The first-order chi connectivity index (χ1) is 9.17. The molecule has 19 heavy (non-hydrogen) atoms. The summed E-state index contributed by atoms with van der Waals surface area (Å²) in [5.74, 6) is 7.41. The number of carbonyl (C=O) groups is 1. The van der Waals surface area contributed by atoms with Crippen molar-refractivity contribution in [1.82, 2.24) is 10.3 Å². The Morgan fingerprint density at radius 1 is 1.58 bits per heavy atom. The van der Waals surface area contributed by atoms with Crippen LogP contribution in [0.4, 0.5) is 0 Å². The number of thioether (sulfide) groups is 1. The van der Waals surface area contributed by atoms with Crippen LogP contribution in [0.1, 0.15) is 29.9 Å². The molecular weight excluding hydrogens is 258 g/mol. The van der Waals surface area contributed by atoms with E-state index >= 15 is 0 Å². The predicted octanol–water partition coefficient (Wildman–Crippen LogP) is 1.26. The number of hydrogen-bond acceptors (Lipinski definition) is 4. The lowest BCUT2D eigenvalue weighted by atomic mass is 10.2. The van der Waals surface area contributed by atoms with E-state index in [1.54, 1.807) is 30.1 Å². The highest BCUT2D eigenvalue weighted by molar-refractivity contribution is 7.99. The monoisotopic (exact) mass is 277 g/mol. The van der Waals surface area contributed by atoms with Gasteiger partial charge in [0.25, 0.3) is 5.91 Å². The van der Waals surface area contributed by atoms with Crippen molar-refractivity contribution in [2.75, 3.05) is 18.1 Å². The molecule has 1 amide bonds. The van der Waals surface area contributed by atoms with E-state index in [2.05, 4.69) is 29.1 Å². The number of hydrogen-bond donors (Lipinski definition) is 2. The SMILES string of the molecule is CCSCC(C)NC(=O)c1ccc(C#CCN)cn1. The van der Waals surface area contributed by atoms with E-state index in [9.17, 15) is 4.79 Å². The maximum atomic E-state index is 11.9. The average Bonchev–Trinajstić information content (AvgIpc) is 2.43. The molecule has 0 aliphatic heterocycles. The second kappa shape index (κ2) is 8.57. The third kappa shape index (κ3) is 5.77. The summed E-state index contributed by atoms with van der Waals surface area (Å²) in [6, 6.07) is 3.59. The third-order valence-corrected chi connectivity index (χ3v) is 3.42. The Morgan fingerprint density at radius 3 is 2.95 bits per heavy atom. The number of nitrogens with one attached hydrogen (secondary N) is 1. The quantitative estimate of drug-likeness (QED) is 0.795. The summed E-state index contributed by atoms with van der Waals surface area (Å²) in [4.78, 5) is 16.0. The first kappa shape index (κ1) is 15.5. The second-order valence-electron chi connectivity index (χ2n) is 3.97. The van der Waals surface area contributed by atoms with Gasteiger partial charge in [-0.2, -0.15) is 11.8 Å². The summed E-state index contributed by atoms with van der Waals surface area (Å²) in [5, 5.41) is 2.92. The molecular formula is C14H19N3OS. The van der Waals surface area contributed by atoms with Crippen molar-refractivity contribution in [2.24, 2.45) is 5.73 Å². The van der Waals surface area contributed by atoms with Crippen LogP contribution in [0.15, 0.2) is 18.3 Å². The predicted molar refractivity (Wildman–Crippen MR) is 80.1 cm³/mol. The first-order valence-electron chi connectivity index (χ1n) is 6.21. The van der Waals surface area contributed by atoms with E-state index < -0.39 is 0 Å². The summed E-state index contributed by atoms with van der Waals surface area (Å²) in [6.07, 6.45) is 1.59. The highest BCUT2D eigenvalue weighted by Crippen LogP contribution is 2.03. The van der Waals surface area contributed by atoms with E-state index in [0.29, 0.717) is 12.2 Å². The molecule has 1 heterocycles. The van der Waals surface area contributed by atoms with Crippen molar-refractivity contribution in [2.45, 2.75) is 19.9 Å². The van der Waals surface area contributed by atoms with Crippen LogP contribution in [0.2, 0.25) is 0 Å². The summed E-state index contributed by atoms with van der Waals surface area (Å²) in [6.45, 7) is 4.40. The van der Waals surface area contributed by atoms with Crippen LogP contribution in [0.5, 0.6) is 0 Å². The zero-order chi connectivity index (χ0) is 14.1. The fourth-order valence-electron chi connectivity index (χ4n) is 1.39. The molecule has 3 N–H and O–H groups in total. The summed E-state index contributed by atoms with van der Waals surface area (Å²) >= 11 is 1.80. The van der Waals surface area contributed by atoms with Crippen LogP contribution in [0.3, 0.4) is 0 Å². The van der Waals surface area contributed by atoms with Crippen molar-refractivity contribution in [3.8, 4) is 11.8 Å². The normalized spacial score (nSPS) is 11.3. The van der Waals surface area contributed by atoms with E-state index in [4.69, 9.17) is 5.73 Å². The molecule has 4 nitrogen and oxygen atoms in total. The molecule has 0 bridgehead atoms. The smallest absolute Gasteiger partial charge is 0.270 e. The van der Waals surface area contributed by atoms with Crippen molar-refractivity contribution in [3.05, 3.63) is 29.6 Å². The Morgan fingerprint density at radius 2 is 2.37 bits per heavy atom. The highest BCUT2D eigenvalue weighted by atomic mass is 32.2. The lowest BCUT2D eigenvalue weighted by molar-refractivity contribution is 0.0939. The zero-order valence-corrected chi connectivity index (χ0v) is 12.1. The van der Waals surface area contributed by atoms with Gasteiger partial charge in [-0.05, 0) is 24.8 Å². The molecule has 0 aliphatic carbocycles. The van der Waals surface area contributed by atoms with Gasteiger partial charge in [-0.25, -0.2) is 4.98 Å². The second-order valence-corrected chi connectivity index (χ2v) is 5.29. The number of rotatable bonds is 5. The van der Waals surface area contributed by atoms with E-state index in [0.717, 1.165) is 17.1 Å². The standard InChI is InChI=1S/C14H19N3OS/c1-3-19-10-11(2)17-14(18)13-7-6-12(9-16-13)5-4-8-15/h6-7,9,11H,3,8,10,15H2,1-2H3,(H,17,18). The van der Waals surface area contributed by atoms with Crippen molar-refractivity contribution < 1.29 is 4.79 Å². The first-order valence-corrected chi connectivity index (χ1v) is 7.36. The molecule has 1 aromatic rings. The summed E-state index contributed by atoms with van der Waals surface area (Å²) in [5.41, 5.74) is 6.46. The van der Waals surface area contributed by atoms with Crippen LogP contribution in [-0.4, -0.2) is 35.0 Å². The van der Waals surface area contributed by atoms with Gasteiger partial charge in [-0.15, -0.1) is 0 Å². The van der Waals surface area contributed by atoms with Crippen molar-refractivity contribution in [1.29, 1.82) is 0 Å². The lowest BCUT2D eigenvalue weighted by Crippen LogP contribution is -2.34. The number of amides is 1. The summed E-state index contributed by atoms with van der Waals surface area (Å²) < 4.78 is 0. The van der Waals surface area contributed by atoms with Gasteiger partial charge in [-0.3, -0.25) is 4.79 Å². The van der Waals surface area contributed by atoms with Crippen LogP contribution < -0.4 is 11.1 Å². The molecule has 102 valence electrons.